The van der Waals surface area contributed by atoms with Gasteiger partial charge >= 0.3 is 12.3 Å². The van der Waals surface area contributed by atoms with E-state index >= 15 is 0 Å². The summed E-state index contributed by atoms with van der Waals surface area (Å²) in [6.45, 7) is -0.320. The van der Waals surface area contributed by atoms with Gasteiger partial charge in [-0.05, 0) is 24.5 Å². The fourth-order valence-electron chi connectivity index (χ4n) is 1.96. The molecule has 0 heterocycles. The van der Waals surface area contributed by atoms with Gasteiger partial charge in [0.05, 0.1) is 12.7 Å². The van der Waals surface area contributed by atoms with Crippen LogP contribution in [0.3, 0.4) is 0 Å². The summed E-state index contributed by atoms with van der Waals surface area (Å²) in [6.07, 6.45) is -3.30. The number of rotatable bonds is 4. The van der Waals surface area contributed by atoms with Gasteiger partial charge in [0, 0.05) is 12.6 Å². The van der Waals surface area contributed by atoms with E-state index in [2.05, 4.69) is 4.74 Å². The van der Waals surface area contributed by atoms with Gasteiger partial charge in [-0.3, -0.25) is 0 Å². The summed E-state index contributed by atoms with van der Waals surface area (Å²) in [6, 6.07) is 5.75. The highest BCUT2D eigenvalue weighted by molar-refractivity contribution is 5.90. The molecule has 1 aliphatic rings. The van der Waals surface area contributed by atoms with Crippen molar-refractivity contribution in [2.45, 2.75) is 31.7 Å². The first kappa shape index (κ1) is 13.9. The zero-order valence-electron chi connectivity index (χ0n) is 10.4. The Labute approximate surface area is 109 Å². The molecule has 0 atom stereocenters. The van der Waals surface area contributed by atoms with Crippen LogP contribution in [0.2, 0.25) is 0 Å². The van der Waals surface area contributed by atoms with Crippen molar-refractivity contribution in [3.05, 3.63) is 35.4 Å². The molecule has 2 rings (SSSR count). The third-order valence-corrected chi connectivity index (χ3v) is 3.08. The Balaban J connectivity index is 2.24. The Kier molecular flexibility index (Phi) is 3.80. The summed E-state index contributed by atoms with van der Waals surface area (Å²) in [5, 5.41) is 0. The number of benzene rings is 1. The molecule has 0 radical (unpaired) electrons. The molecule has 1 saturated carbocycles. The molecule has 0 aromatic heterocycles. The Morgan fingerprint density at radius 2 is 2.00 bits per heavy atom. The van der Waals surface area contributed by atoms with Crippen LogP contribution < -0.4 is 0 Å². The van der Waals surface area contributed by atoms with Crippen LogP contribution in [0.4, 0.5) is 13.2 Å². The standard InChI is InChI=1S/C13H14F3NO2/c1-19-12(18)11-5-3-2-4-9(11)8-17(10-6-7-10)13(14,15)16/h2-5,10H,6-8H2,1H3. The molecule has 0 unspecified atom stereocenters. The van der Waals surface area contributed by atoms with Crippen molar-refractivity contribution in [2.24, 2.45) is 0 Å². The lowest BCUT2D eigenvalue weighted by atomic mass is 10.1. The fourth-order valence-corrected chi connectivity index (χ4v) is 1.96. The van der Waals surface area contributed by atoms with E-state index in [1.165, 1.54) is 19.2 Å². The number of esters is 1. The SMILES string of the molecule is COC(=O)c1ccccc1CN(C1CC1)C(F)(F)F. The normalized spacial score (nSPS) is 15.6. The fraction of sp³-hybridized carbons (Fsp3) is 0.462. The number of methoxy groups -OCH3 is 1. The first-order valence-corrected chi connectivity index (χ1v) is 5.93. The van der Waals surface area contributed by atoms with Crippen LogP contribution in [0.5, 0.6) is 0 Å². The van der Waals surface area contributed by atoms with Crippen molar-refractivity contribution in [2.75, 3.05) is 7.11 Å². The zero-order chi connectivity index (χ0) is 14.0. The number of carbonyl (C=O) groups is 1. The van der Waals surface area contributed by atoms with E-state index in [0.717, 1.165) is 0 Å². The molecule has 1 fully saturated rings. The van der Waals surface area contributed by atoms with Gasteiger partial charge < -0.3 is 4.74 Å². The lowest BCUT2D eigenvalue weighted by Gasteiger charge is -2.25. The highest BCUT2D eigenvalue weighted by Gasteiger charge is 2.46. The maximum atomic E-state index is 12.9. The zero-order valence-corrected chi connectivity index (χ0v) is 10.4. The molecule has 0 N–H and O–H groups in total. The van der Waals surface area contributed by atoms with E-state index in [-0.39, 0.29) is 12.1 Å². The van der Waals surface area contributed by atoms with Gasteiger partial charge in [-0.25, -0.2) is 9.69 Å². The Bertz CT molecular complexity index is 469. The maximum Gasteiger partial charge on any atom is 0.460 e. The molecule has 6 heteroatoms. The summed E-state index contributed by atoms with van der Waals surface area (Å²) < 4.78 is 43.3. The molecule has 0 spiro atoms. The van der Waals surface area contributed by atoms with E-state index in [1.807, 2.05) is 0 Å². The first-order chi connectivity index (χ1) is 8.93. The number of ether oxygens (including phenoxy) is 1. The molecular formula is C13H14F3NO2. The minimum atomic E-state index is -4.38. The average molecular weight is 273 g/mol. The Hall–Kier alpha value is -1.56. The maximum absolute atomic E-state index is 12.9. The van der Waals surface area contributed by atoms with Crippen LogP contribution in [-0.4, -0.2) is 30.3 Å². The van der Waals surface area contributed by atoms with Gasteiger partial charge in [0.2, 0.25) is 0 Å². The van der Waals surface area contributed by atoms with Crippen molar-refractivity contribution in [3.63, 3.8) is 0 Å². The summed E-state index contributed by atoms with van der Waals surface area (Å²) >= 11 is 0. The van der Waals surface area contributed by atoms with Crippen LogP contribution in [-0.2, 0) is 11.3 Å². The van der Waals surface area contributed by atoms with E-state index in [0.29, 0.717) is 23.3 Å². The van der Waals surface area contributed by atoms with Gasteiger partial charge in [0.15, 0.2) is 0 Å². The number of alkyl halides is 3. The van der Waals surface area contributed by atoms with Gasteiger partial charge in [-0.2, -0.15) is 13.2 Å². The van der Waals surface area contributed by atoms with E-state index in [1.54, 1.807) is 12.1 Å². The van der Waals surface area contributed by atoms with Gasteiger partial charge in [0.25, 0.3) is 0 Å². The summed E-state index contributed by atoms with van der Waals surface area (Å²) in [7, 11) is 1.21. The molecule has 0 saturated heterocycles. The van der Waals surface area contributed by atoms with Crippen LogP contribution in [0.1, 0.15) is 28.8 Å². The minimum absolute atomic E-state index is 0.180. The molecule has 19 heavy (non-hydrogen) atoms. The lowest BCUT2D eigenvalue weighted by molar-refractivity contribution is -0.253. The monoisotopic (exact) mass is 273 g/mol. The van der Waals surface area contributed by atoms with Gasteiger partial charge in [0.1, 0.15) is 0 Å². The largest absolute Gasteiger partial charge is 0.465 e. The van der Waals surface area contributed by atoms with Crippen LogP contribution in [0.15, 0.2) is 24.3 Å². The van der Waals surface area contributed by atoms with Crippen molar-refractivity contribution in [3.8, 4) is 0 Å². The van der Waals surface area contributed by atoms with Crippen molar-refractivity contribution >= 4 is 5.97 Å². The first-order valence-electron chi connectivity index (χ1n) is 5.93. The van der Waals surface area contributed by atoms with Crippen LogP contribution in [0, 0.1) is 0 Å². The quantitative estimate of drug-likeness (QED) is 0.624. The molecule has 0 aliphatic heterocycles. The number of carbonyl (C=O) groups excluding carboxylic acids is 1. The number of hydrogen-bond donors (Lipinski definition) is 0. The molecule has 1 aromatic carbocycles. The van der Waals surface area contributed by atoms with E-state index < -0.39 is 18.3 Å². The lowest BCUT2D eigenvalue weighted by Crippen LogP contribution is -2.39. The summed E-state index contributed by atoms with van der Waals surface area (Å²) in [4.78, 5) is 12.0. The molecule has 1 aromatic rings. The molecule has 0 amide bonds. The van der Waals surface area contributed by atoms with Crippen LogP contribution in [0.25, 0.3) is 0 Å². The molecular weight excluding hydrogens is 259 g/mol. The van der Waals surface area contributed by atoms with Gasteiger partial charge in [-0.1, -0.05) is 18.2 Å². The number of halogens is 3. The number of nitrogens with zero attached hydrogens (tertiary/aromatic N) is 1. The third-order valence-electron chi connectivity index (χ3n) is 3.08. The summed E-state index contributed by atoms with van der Waals surface area (Å²) in [5.74, 6) is -0.617. The van der Waals surface area contributed by atoms with E-state index in [9.17, 15) is 18.0 Å². The van der Waals surface area contributed by atoms with Crippen molar-refractivity contribution in [1.29, 1.82) is 0 Å². The molecule has 1 aliphatic carbocycles. The second-order valence-corrected chi connectivity index (χ2v) is 4.48. The molecule has 3 nitrogen and oxygen atoms in total. The second kappa shape index (κ2) is 5.21. The van der Waals surface area contributed by atoms with Crippen molar-refractivity contribution in [1.82, 2.24) is 4.90 Å². The van der Waals surface area contributed by atoms with Crippen molar-refractivity contribution < 1.29 is 22.7 Å². The Morgan fingerprint density at radius 1 is 1.37 bits per heavy atom. The smallest absolute Gasteiger partial charge is 0.460 e. The average Bonchev–Trinajstić information content (AvgIpc) is 3.18. The molecule has 104 valence electrons. The topological polar surface area (TPSA) is 29.5 Å². The van der Waals surface area contributed by atoms with Gasteiger partial charge in [-0.15, -0.1) is 0 Å². The second-order valence-electron chi connectivity index (χ2n) is 4.48. The summed E-state index contributed by atoms with van der Waals surface area (Å²) in [5.41, 5.74) is 0.512. The van der Waals surface area contributed by atoms with Crippen LogP contribution >= 0.6 is 0 Å². The third kappa shape index (κ3) is 3.26. The minimum Gasteiger partial charge on any atom is -0.465 e. The predicted molar refractivity (Wildman–Crippen MR) is 62.4 cm³/mol. The highest BCUT2D eigenvalue weighted by atomic mass is 19.4. The predicted octanol–water partition coefficient (Wildman–Crippen LogP) is 2.96. The Morgan fingerprint density at radius 3 is 2.53 bits per heavy atom. The number of hydrogen-bond acceptors (Lipinski definition) is 3. The molecule has 0 bridgehead atoms. The van der Waals surface area contributed by atoms with E-state index in [4.69, 9.17) is 0 Å². The highest BCUT2D eigenvalue weighted by Crippen LogP contribution is 2.37.